The molecule has 2 heterocycles. The van der Waals surface area contributed by atoms with Crippen molar-refractivity contribution in [1.82, 2.24) is 9.21 Å². The van der Waals surface area contributed by atoms with Gasteiger partial charge in [0.05, 0.1) is 16.7 Å². The van der Waals surface area contributed by atoms with E-state index in [9.17, 15) is 22.8 Å². The van der Waals surface area contributed by atoms with Crippen molar-refractivity contribution in [3.05, 3.63) is 36.4 Å². The fraction of sp³-hybridized carbons (Fsp3) is 0.542. The number of likely N-dealkylation sites (tertiary alicyclic amines) is 1. The molecule has 2 fully saturated rings. The maximum Gasteiger partial charge on any atom is 0.247 e. The third-order valence-electron chi connectivity index (χ3n) is 6.90. The molecular weight excluding hydrogens is 442 g/mol. The minimum atomic E-state index is -3.61. The summed E-state index contributed by atoms with van der Waals surface area (Å²) in [6, 6.07) is 5.07. The smallest absolute Gasteiger partial charge is 0.247 e. The second-order valence-corrected chi connectivity index (χ2v) is 11.6. The molecular formula is C24H31N3O5S. The van der Waals surface area contributed by atoms with Crippen LogP contribution in [-0.2, 0) is 24.4 Å². The van der Waals surface area contributed by atoms with Crippen molar-refractivity contribution in [2.75, 3.05) is 18.4 Å². The lowest BCUT2D eigenvalue weighted by molar-refractivity contribution is -0.146. The number of imide groups is 1. The maximum atomic E-state index is 13.0. The van der Waals surface area contributed by atoms with Crippen LogP contribution in [0.1, 0.15) is 40.0 Å². The molecule has 9 heteroatoms. The molecule has 0 bridgehead atoms. The normalized spacial score (nSPS) is 29.1. The summed E-state index contributed by atoms with van der Waals surface area (Å²) in [7, 11) is -3.61. The van der Waals surface area contributed by atoms with Gasteiger partial charge in [0.1, 0.15) is 6.04 Å². The second-order valence-electron chi connectivity index (χ2n) is 9.66. The van der Waals surface area contributed by atoms with Gasteiger partial charge in [0.15, 0.2) is 0 Å². The number of carbonyl (C=O) groups is 3. The lowest BCUT2D eigenvalue weighted by atomic mass is 9.85. The predicted octanol–water partition coefficient (Wildman–Crippen LogP) is 2.63. The van der Waals surface area contributed by atoms with E-state index in [1.165, 1.54) is 35.5 Å². The number of allylic oxidation sites excluding steroid dienone is 2. The molecule has 1 N–H and O–H groups in total. The molecule has 0 saturated carbocycles. The van der Waals surface area contributed by atoms with Crippen LogP contribution in [0.25, 0.3) is 0 Å². The minimum Gasteiger partial charge on any atom is -0.324 e. The molecule has 3 amide bonds. The predicted molar refractivity (Wildman–Crippen MR) is 123 cm³/mol. The highest BCUT2D eigenvalue weighted by Gasteiger charge is 2.50. The number of anilines is 1. The summed E-state index contributed by atoms with van der Waals surface area (Å²) in [5, 5.41) is 2.70. The highest BCUT2D eigenvalue weighted by Crippen LogP contribution is 2.36. The van der Waals surface area contributed by atoms with Crippen molar-refractivity contribution in [1.29, 1.82) is 0 Å². The molecule has 178 valence electrons. The number of hydrogen-bond acceptors (Lipinski definition) is 5. The van der Waals surface area contributed by atoms with Crippen LogP contribution in [0.5, 0.6) is 0 Å². The standard InChI is InChI=1S/C24H31N3O5S/c1-15-12-16(2)14-26(13-15)33(31,32)19-10-8-18(9-11-19)25-22(28)17(3)27-23(29)20-6-4-5-7-21(20)24(27)30/h4-5,8-11,15-17,20-21H,6-7,12-14H2,1-3H3,(H,25,28)/t15-,16+,17-,20-,21-/m0/s1. The molecule has 0 unspecified atom stereocenters. The van der Waals surface area contributed by atoms with Gasteiger partial charge in [-0.15, -0.1) is 0 Å². The Labute approximate surface area is 195 Å². The number of piperidine rings is 1. The summed E-state index contributed by atoms with van der Waals surface area (Å²) in [6.45, 7) is 6.64. The van der Waals surface area contributed by atoms with Crippen LogP contribution in [0.15, 0.2) is 41.3 Å². The number of rotatable bonds is 5. The summed E-state index contributed by atoms with van der Waals surface area (Å²) in [5.41, 5.74) is 0.407. The number of amides is 3. The summed E-state index contributed by atoms with van der Waals surface area (Å²) in [5.74, 6) is -1.26. The van der Waals surface area contributed by atoms with Gasteiger partial charge in [-0.3, -0.25) is 19.3 Å². The van der Waals surface area contributed by atoms with Crippen molar-refractivity contribution in [2.45, 2.75) is 51.0 Å². The van der Waals surface area contributed by atoms with Crippen molar-refractivity contribution in [2.24, 2.45) is 23.7 Å². The first-order valence-electron chi connectivity index (χ1n) is 11.5. The average Bonchev–Trinajstić information content (AvgIpc) is 3.03. The minimum absolute atomic E-state index is 0.177. The van der Waals surface area contributed by atoms with E-state index >= 15 is 0 Å². The lowest BCUT2D eigenvalue weighted by Crippen LogP contribution is -2.46. The Hall–Kier alpha value is -2.52. The van der Waals surface area contributed by atoms with Crippen LogP contribution in [0.2, 0.25) is 0 Å². The van der Waals surface area contributed by atoms with Gasteiger partial charge in [-0.25, -0.2) is 8.42 Å². The fourth-order valence-electron chi connectivity index (χ4n) is 5.23. The van der Waals surface area contributed by atoms with Crippen LogP contribution in [0.4, 0.5) is 5.69 Å². The molecule has 1 aromatic carbocycles. The van der Waals surface area contributed by atoms with Crippen LogP contribution < -0.4 is 5.32 Å². The van der Waals surface area contributed by atoms with Gasteiger partial charge in [0.2, 0.25) is 27.7 Å². The Morgan fingerprint density at radius 1 is 0.970 bits per heavy atom. The van der Waals surface area contributed by atoms with Crippen LogP contribution >= 0.6 is 0 Å². The largest absolute Gasteiger partial charge is 0.324 e. The van der Waals surface area contributed by atoms with Gasteiger partial charge in [-0.1, -0.05) is 26.0 Å². The summed E-state index contributed by atoms with van der Waals surface area (Å²) in [4.78, 5) is 39.5. The van der Waals surface area contributed by atoms with Gasteiger partial charge >= 0.3 is 0 Å². The van der Waals surface area contributed by atoms with Crippen LogP contribution in [0, 0.1) is 23.7 Å². The van der Waals surface area contributed by atoms with E-state index in [4.69, 9.17) is 0 Å². The molecule has 0 aromatic heterocycles. The highest BCUT2D eigenvalue weighted by molar-refractivity contribution is 7.89. The molecule has 0 spiro atoms. The van der Waals surface area contributed by atoms with Crippen molar-refractivity contribution < 1.29 is 22.8 Å². The van der Waals surface area contributed by atoms with Gasteiger partial charge < -0.3 is 5.32 Å². The lowest BCUT2D eigenvalue weighted by Gasteiger charge is -2.34. The second kappa shape index (κ2) is 9.02. The molecule has 2 saturated heterocycles. The number of hydrogen-bond donors (Lipinski definition) is 1. The zero-order valence-electron chi connectivity index (χ0n) is 19.2. The van der Waals surface area contributed by atoms with E-state index in [1.54, 1.807) is 0 Å². The summed E-state index contributed by atoms with van der Waals surface area (Å²) in [6.07, 6.45) is 5.85. The number of benzene rings is 1. The molecule has 33 heavy (non-hydrogen) atoms. The zero-order chi connectivity index (χ0) is 23.9. The molecule has 2 aliphatic heterocycles. The van der Waals surface area contributed by atoms with Crippen molar-refractivity contribution in [3.8, 4) is 0 Å². The number of nitrogens with zero attached hydrogens (tertiary/aromatic N) is 2. The number of fused-ring (bicyclic) bond motifs is 1. The van der Waals surface area contributed by atoms with Crippen molar-refractivity contribution >= 4 is 33.4 Å². The van der Waals surface area contributed by atoms with E-state index in [2.05, 4.69) is 19.2 Å². The van der Waals surface area contributed by atoms with E-state index in [0.717, 1.165) is 11.3 Å². The first kappa shape index (κ1) is 23.6. The summed E-state index contributed by atoms with van der Waals surface area (Å²) >= 11 is 0. The average molecular weight is 474 g/mol. The molecule has 1 aliphatic carbocycles. The monoisotopic (exact) mass is 473 g/mol. The topological polar surface area (TPSA) is 104 Å². The Bertz CT molecular complexity index is 1050. The van der Waals surface area contributed by atoms with E-state index in [-0.39, 0.29) is 28.5 Å². The Morgan fingerprint density at radius 2 is 1.48 bits per heavy atom. The number of nitrogens with one attached hydrogen (secondary N) is 1. The van der Waals surface area contributed by atoms with Gasteiger partial charge in [0, 0.05) is 18.8 Å². The molecule has 3 aliphatic rings. The van der Waals surface area contributed by atoms with E-state index < -0.39 is 22.0 Å². The first-order valence-corrected chi connectivity index (χ1v) is 13.0. The van der Waals surface area contributed by atoms with E-state index in [1.807, 2.05) is 12.2 Å². The van der Waals surface area contributed by atoms with Gasteiger partial charge in [-0.05, 0) is 62.3 Å². The van der Waals surface area contributed by atoms with Crippen molar-refractivity contribution in [3.63, 3.8) is 0 Å². The SMILES string of the molecule is C[C@@H]1C[C@H](C)CN(S(=O)(=O)c2ccc(NC(=O)[C@H](C)N3C(=O)[C@H]4CC=CC[C@@H]4C3=O)cc2)C1. The van der Waals surface area contributed by atoms with Crippen LogP contribution in [-0.4, -0.2) is 54.5 Å². The highest BCUT2D eigenvalue weighted by atomic mass is 32.2. The summed E-state index contributed by atoms with van der Waals surface area (Å²) < 4.78 is 27.6. The Balaban J connectivity index is 1.43. The number of carbonyl (C=O) groups excluding carboxylic acids is 3. The fourth-order valence-corrected chi connectivity index (χ4v) is 6.91. The first-order chi connectivity index (χ1) is 15.6. The Morgan fingerprint density at radius 3 is 2.00 bits per heavy atom. The molecule has 5 atom stereocenters. The van der Waals surface area contributed by atoms with Crippen LogP contribution in [0.3, 0.4) is 0 Å². The van der Waals surface area contributed by atoms with Gasteiger partial charge in [-0.2, -0.15) is 4.31 Å². The molecule has 4 rings (SSSR count). The number of sulfonamides is 1. The molecule has 8 nitrogen and oxygen atoms in total. The molecule has 1 aromatic rings. The quantitative estimate of drug-likeness (QED) is 0.523. The third-order valence-corrected chi connectivity index (χ3v) is 8.75. The molecule has 0 radical (unpaired) electrons. The zero-order valence-corrected chi connectivity index (χ0v) is 20.0. The Kier molecular flexibility index (Phi) is 6.46. The van der Waals surface area contributed by atoms with E-state index in [0.29, 0.717) is 43.5 Å². The maximum absolute atomic E-state index is 13.0. The third kappa shape index (κ3) is 4.48. The van der Waals surface area contributed by atoms with Gasteiger partial charge in [0.25, 0.3) is 0 Å².